The quantitative estimate of drug-likeness (QED) is 0.712. The van der Waals surface area contributed by atoms with Crippen LogP contribution in [0, 0.1) is 0 Å². The molecule has 0 saturated carbocycles. The summed E-state index contributed by atoms with van der Waals surface area (Å²) in [6, 6.07) is 8.13. The zero-order chi connectivity index (χ0) is 14.2. The van der Waals surface area contributed by atoms with Gasteiger partial charge in [-0.25, -0.2) is 4.98 Å². The Balaban J connectivity index is 2.38. The lowest BCUT2D eigenvalue weighted by Crippen LogP contribution is -2.01. The Morgan fingerprint density at radius 1 is 1.35 bits per heavy atom. The average Bonchev–Trinajstić information content (AvgIpc) is 2.99. The van der Waals surface area contributed by atoms with E-state index in [-0.39, 0.29) is 0 Å². The summed E-state index contributed by atoms with van der Waals surface area (Å²) in [6.45, 7) is 4.85. The highest BCUT2D eigenvalue weighted by Crippen LogP contribution is 2.29. The predicted molar refractivity (Wildman–Crippen MR) is 86.0 cm³/mol. The molecule has 0 unspecified atom stereocenters. The number of imidazole rings is 1. The van der Waals surface area contributed by atoms with Gasteiger partial charge < -0.3 is 9.30 Å². The smallest absolute Gasteiger partial charge is 0.128 e. The summed E-state index contributed by atoms with van der Waals surface area (Å²) in [4.78, 5) is 4.14. The fourth-order valence-electron chi connectivity index (χ4n) is 1.88. The number of ether oxygens (including phenoxy) is 1. The number of benzene rings is 1. The van der Waals surface area contributed by atoms with Crippen LogP contribution in [0.15, 0.2) is 48.4 Å². The molecule has 2 aromatic rings. The summed E-state index contributed by atoms with van der Waals surface area (Å²) in [5.74, 6) is 2.02. The number of nitrogens with zero attached hydrogens (tertiary/aromatic N) is 2. The van der Waals surface area contributed by atoms with E-state index in [0.29, 0.717) is 6.61 Å². The fraction of sp³-hybridized carbons (Fsp3) is 0.312. The van der Waals surface area contributed by atoms with Crippen molar-refractivity contribution < 1.29 is 4.74 Å². The van der Waals surface area contributed by atoms with E-state index in [4.69, 9.17) is 4.74 Å². The Morgan fingerprint density at radius 2 is 2.20 bits per heavy atom. The second-order valence-corrected chi connectivity index (χ2v) is 5.25. The van der Waals surface area contributed by atoms with Gasteiger partial charge in [0.1, 0.15) is 5.75 Å². The predicted octanol–water partition coefficient (Wildman–Crippen LogP) is 4.27. The van der Waals surface area contributed by atoms with E-state index in [1.54, 1.807) is 6.20 Å². The standard InChI is InChI=1S/C16H20N2OS/c1-3-11-20-12-15(18-10-9-17-13-18)14-7-5-6-8-16(14)19-4-2/h5-10,12-13H,3-4,11H2,1-2H3/b15-12+. The van der Waals surface area contributed by atoms with Gasteiger partial charge in [-0.15, -0.1) is 11.8 Å². The Labute approximate surface area is 124 Å². The molecule has 0 aliphatic carbocycles. The van der Waals surface area contributed by atoms with Crippen LogP contribution in [0.3, 0.4) is 0 Å². The molecule has 1 heterocycles. The first-order valence-electron chi connectivity index (χ1n) is 6.89. The van der Waals surface area contributed by atoms with Gasteiger partial charge in [-0.1, -0.05) is 19.1 Å². The van der Waals surface area contributed by atoms with Gasteiger partial charge in [-0.3, -0.25) is 0 Å². The van der Waals surface area contributed by atoms with Crippen LogP contribution in [-0.2, 0) is 0 Å². The minimum Gasteiger partial charge on any atom is -0.493 e. The van der Waals surface area contributed by atoms with Gasteiger partial charge in [0.25, 0.3) is 0 Å². The largest absolute Gasteiger partial charge is 0.493 e. The minimum atomic E-state index is 0.663. The summed E-state index contributed by atoms with van der Waals surface area (Å²) in [7, 11) is 0. The molecule has 3 nitrogen and oxygen atoms in total. The number of hydrogen-bond donors (Lipinski definition) is 0. The Kier molecular flexibility index (Phi) is 5.74. The van der Waals surface area contributed by atoms with Crippen molar-refractivity contribution in [1.82, 2.24) is 9.55 Å². The maximum absolute atomic E-state index is 5.74. The van der Waals surface area contributed by atoms with Crippen molar-refractivity contribution in [2.75, 3.05) is 12.4 Å². The van der Waals surface area contributed by atoms with Crippen molar-refractivity contribution in [3.8, 4) is 5.75 Å². The van der Waals surface area contributed by atoms with Crippen molar-refractivity contribution in [1.29, 1.82) is 0 Å². The van der Waals surface area contributed by atoms with E-state index in [9.17, 15) is 0 Å². The zero-order valence-corrected chi connectivity index (χ0v) is 12.8. The number of thioether (sulfide) groups is 1. The third-order valence-corrected chi connectivity index (χ3v) is 3.80. The minimum absolute atomic E-state index is 0.663. The molecule has 1 aromatic carbocycles. The molecule has 0 bridgehead atoms. The molecular formula is C16H20N2OS. The second kappa shape index (κ2) is 7.80. The monoisotopic (exact) mass is 288 g/mol. The van der Waals surface area contributed by atoms with Gasteiger partial charge in [-0.2, -0.15) is 0 Å². The van der Waals surface area contributed by atoms with Crippen LogP contribution < -0.4 is 4.74 Å². The highest BCUT2D eigenvalue weighted by Gasteiger charge is 2.10. The van der Waals surface area contributed by atoms with Crippen LogP contribution >= 0.6 is 11.8 Å². The Morgan fingerprint density at radius 3 is 2.90 bits per heavy atom. The third kappa shape index (κ3) is 3.67. The Bertz CT molecular complexity index is 549. The summed E-state index contributed by atoms with van der Waals surface area (Å²) in [6.07, 6.45) is 6.73. The molecule has 0 fully saturated rings. The fourth-order valence-corrected chi connectivity index (χ4v) is 2.64. The van der Waals surface area contributed by atoms with Crippen molar-refractivity contribution in [2.24, 2.45) is 0 Å². The van der Waals surface area contributed by atoms with Gasteiger partial charge in [-0.05, 0) is 36.6 Å². The van der Waals surface area contributed by atoms with Crippen molar-refractivity contribution in [2.45, 2.75) is 20.3 Å². The van der Waals surface area contributed by atoms with Crippen LogP contribution in [0.2, 0.25) is 0 Å². The Hall–Kier alpha value is -1.68. The second-order valence-electron chi connectivity index (χ2n) is 4.27. The van der Waals surface area contributed by atoms with Crippen LogP contribution in [-0.4, -0.2) is 21.9 Å². The van der Waals surface area contributed by atoms with Gasteiger partial charge in [0.05, 0.1) is 18.6 Å². The van der Waals surface area contributed by atoms with E-state index < -0.39 is 0 Å². The molecule has 20 heavy (non-hydrogen) atoms. The van der Waals surface area contributed by atoms with Crippen molar-refractivity contribution >= 4 is 17.5 Å². The summed E-state index contributed by atoms with van der Waals surface area (Å²) < 4.78 is 7.77. The first kappa shape index (κ1) is 14.7. The molecule has 4 heteroatoms. The molecule has 106 valence electrons. The van der Waals surface area contributed by atoms with Crippen LogP contribution in [0.5, 0.6) is 5.75 Å². The molecule has 0 spiro atoms. The zero-order valence-electron chi connectivity index (χ0n) is 12.0. The van der Waals surface area contributed by atoms with Gasteiger partial charge in [0, 0.05) is 18.0 Å². The van der Waals surface area contributed by atoms with Crippen molar-refractivity contribution in [3.05, 3.63) is 54.0 Å². The number of aromatic nitrogens is 2. The van der Waals surface area contributed by atoms with Gasteiger partial charge in [0.15, 0.2) is 0 Å². The highest BCUT2D eigenvalue weighted by atomic mass is 32.2. The number of para-hydroxylation sites is 1. The third-order valence-electron chi connectivity index (χ3n) is 2.76. The summed E-state index contributed by atoms with van der Waals surface area (Å²) in [5.41, 5.74) is 2.20. The molecule has 2 rings (SSSR count). The molecule has 0 amide bonds. The first-order chi connectivity index (χ1) is 9.86. The molecule has 1 aromatic heterocycles. The van der Waals surface area contributed by atoms with Crippen molar-refractivity contribution in [3.63, 3.8) is 0 Å². The molecule has 0 atom stereocenters. The summed E-state index contributed by atoms with van der Waals surface area (Å²) in [5, 5.41) is 2.18. The lowest BCUT2D eigenvalue weighted by Gasteiger charge is -2.14. The lowest BCUT2D eigenvalue weighted by molar-refractivity contribution is 0.339. The molecule has 0 N–H and O–H groups in total. The summed E-state index contributed by atoms with van der Waals surface area (Å²) >= 11 is 1.82. The van der Waals surface area contributed by atoms with E-state index in [0.717, 1.165) is 29.2 Å². The van der Waals surface area contributed by atoms with Crippen LogP contribution in [0.25, 0.3) is 5.70 Å². The maximum Gasteiger partial charge on any atom is 0.128 e. The SMILES string of the molecule is CCCS/C=C(\c1ccccc1OCC)n1ccnc1. The van der Waals surface area contributed by atoms with E-state index in [1.165, 1.54) is 0 Å². The first-order valence-corrected chi connectivity index (χ1v) is 7.94. The highest BCUT2D eigenvalue weighted by molar-refractivity contribution is 8.02. The lowest BCUT2D eigenvalue weighted by atomic mass is 10.1. The van der Waals surface area contributed by atoms with Crippen LogP contribution in [0.1, 0.15) is 25.8 Å². The maximum atomic E-state index is 5.74. The van der Waals surface area contributed by atoms with E-state index in [2.05, 4.69) is 23.4 Å². The molecule has 0 aliphatic rings. The molecular weight excluding hydrogens is 268 g/mol. The molecule has 0 saturated heterocycles. The van der Waals surface area contributed by atoms with Gasteiger partial charge >= 0.3 is 0 Å². The molecule has 0 radical (unpaired) electrons. The normalized spacial score (nSPS) is 11.6. The van der Waals surface area contributed by atoms with Crippen LogP contribution in [0.4, 0.5) is 0 Å². The number of hydrogen-bond acceptors (Lipinski definition) is 3. The number of rotatable bonds is 7. The topological polar surface area (TPSA) is 27.1 Å². The van der Waals surface area contributed by atoms with E-state index >= 15 is 0 Å². The van der Waals surface area contributed by atoms with E-state index in [1.807, 2.05) is 54.0 Å². The van der Waals surface area contributed by atoms with Gasteiger partial charge in [0.2, 0.25) is 0 Å². The average molecular weight is 288 g/mol. The molecule has 0 aliphatic heterocycles.